The van der Waals surface area contributed by atoms with E-state index in [4.69, 9.17) is 5.10 Å². The summed E-state index contributed by atoms with van der Waals surface area (Å²) in [6.07, 6.45) is 1.90. The third-order valence-electron chi connectivity index (χ3n) is 7.84. The first-order valence-corrected chi connectivity index (χ1v) is 15.7. The van der Waals surface area contributed by atoms with Crippen molar-refractivity contribution in [2.24, 2.45) is 5.10 Å². The molecule has 1 N–H and O–H groups in total. The van der Waals surface area contributed by atoms with Gasteiger partial charge in [-0.15, -0.1) is 11.3 Å². The quantitative estimate of drug-likeness (QED) is 0.133. The Morgan fingerprint density at radius 2 is 1.31 bits per heavy atom. The van der Waals surface area contributed by atoms with Crippen molar-refractivity contribution in [3.05, 3.63) is 168 Å². The highest BCUT2D eigenvalue weighted by atomic mass is 32.1. The molecule has 0 spiro atoms. The predicted molar refractivity (Wildman–Crippen MR) is 189 cm³/mol. The fraction of sp³-hybridized carbons (Fsp3) is 0.0500. The molecule has 0 radical (unpaired) electrons. The Kier molecular flexibility index (Phi) is 8.05. The zero-order valence-electron chi connectivity index (χ0n) is 24.6. The Bertz CT molecular complexity index is 2130. The van der Waals surface area contributed by atoms with Crippen LogP contribution in [0.15, 0.2) is 151 Å². The van der Waals surface area contributed by atoms with Gasteiger partial charge in [-0.25, -0.2) is 0 Å². The first kappa shape index (κ1) is 28.1. The van der Waals surface area contributed by atoms with Crippen LogP contribution in [0.3, 0.4) is 0 Å². The number of hydrazone groups is 1. The molecule has 6 aromatic carbocycles. The molecule has 4 nitrogen and oxygen atoms in total. The minimum atomic E-state index is 0.628. The van der Waals surface area contributed by atoms with E-state index in [2.05, 4.69) is 107 Å². The normalized spacial score (nSPS) is 11.2. The number of nitrogens with one attached hydrogen (secondary N) is 1. The van der Waals surface area contributed by atoms with Gasteiger partial charge in [0.25, 0.3) is 0 Å². The van der Waals surface area contributed by atoms with Crippen LogP contribution in [0.1, 0.15) is 22.3 Å². The molecule has 0 saturated carbocycles. The maximum Gasteiger partial charge on any atom is 0.0991 e. The smallest absolute Gasteiger partial charge is 0.0991 e. The van der Waals surface area contributed by atoms with Gasteiger partial charge in [-0.2, -0.15) is 10.4 Å². The molecular formula is C40H30N4S. The average molecular weight is 599 g/mol. The molecule has 0 aliphatic rings. The molecule has 0 unspecified atom stereocenters. The van der Waals surface area contributed by atoms with E-state index in [0.29, 0.717) is 18.7 Å². The van der Waals surface area contributed by atoms with Crippen molar-refractivity contribution >= 4 is 49.1 Å². The fourth-order valence-electron chi connectivity index (χ4n) is 5.54. The van der Waals surface area contributed by atoms with Crippen molar-refractivity contribution in [1.82, 2.24) is 5.01 Å². The summed E-state index contributed by atoms with van der Waals surface area (Å²) < 4.78 is 2.54. The van der Waals surface area contributed by atoms with Crippen LogP contribution >= 0.6 is 11.3 Å². The second kappa shape index (κ2) is 12.9. The second-order valence-corrected chi connectivity index (χ2v) is 12.0. The molecule has 0 amide bonds. The van der Waals surface area contributed by atoms with E-state index in [-0.39, 0.29) is 0 Å². The van der Waals surface area contributed by atoms with Gasteiger partial charge < -0.3 is 5.32 Å². The minimum absolute atomic E-state index is 0.628. The number of benzene rings is 6. The van der Waals surface area contributed by atoms with Crippen molar-refractivity contribution in [1.29, 1.82) is 5.26 Å². The summed E-state index contributed by atoms with van der Waals surface area (Å²) in [7, 11) is 0. The average Bonchev–Trinajstić information content (AvgIpc) is 3.49. The van der Waals surface area contributed by atoms with Gasteiger partial charge in [0.15, 0.2) is 0 Å². The first-order valence-electron chi connectivity index (χ1n) is 14.9. The van der Waals surface area contributed by atoms with Gasteiger partial charge in [-0.3, -0.25) is 5.01 Å². The van der Waals surface area contributed by atoms with Gasteiger partial charge in [0.05, 0.1) is 41.3 Å². The number of fused-ring (bicyclic) bond motifs is 3. The van der Waals surface area contributed by atoms with E-state index in [9.17, 15) is 5.26 Å². The number of nitriles is 1. The van der Waals surface area contributed by atoms with Crippen LogP contribution in [-0.4, -0.2) is 11.2 Å². The Hall–Kier alpha value is -5.70. The van der Waals surface area contributed by atoms with Crippen LogP contribution in [0.4, 0.5) is 11.4 Å². The lowest BCUT2D eigenvalue weighted by atomic mass is 10.0. The molecule has 7 rings (SSSR count). The van der Waals surface area contributed by atoms with Crippen molar-refractivity contribution in [2.75, 3.05) is 5.32 Å². The molecule has 0 atom stereocenters. The number of anilines is 2. The summed E-state index contributed by atoms with van der Waals surface area (Å²) in [6.45, 7) is 1.27. The SMILES string of the molecule is N#Cc1ccc(CN(Cc2ccc(Nc3c(-c4ccccc4)ccc4c3sc3ccccc34)cc2)/N=C/c2ccccc2)cc1. The lowest BCUT2D eigenvalue weighted by Crippen LogP contribution is -2.17. The number of thiophene rings is 1. The zero-order valence-corrected chi connectivity index (χ0v) is 25.4. The third kappa shape index (κ3) is 6.33. The molecule has 0 bridgehead atoms. The lowest BCUT2D eigenvalue weighted by molar-refractivity contribution is 0.272. The molecule has 1 aromatic heterocycles. The minimum Gasteiger partial charge on any atom is -0.354 e. The third-order valence-corrected chi connectivity index (χ3v) is 9.04. The summed E-state index contributed by atoms with van der Waals surface area (Å²) in [5.41, 5.74) is 8.49. The zero-order chi connectivity index (χ0) is 30.4. The highest BCUT2D eigenvalue weighted by molar-refractivity contribution is 7.26. The standard InChI is InChI=1S/C40H30N4S/c41-25-29-15-17-31(18-16-29)27-44(42-26-30-9-3-1-4-10-30)28-32-19-21-34(22-20-32)43-39-35(33-11-5-2-6-12-33)23-24-37-36-13-7-8-14-38(36)45-40(37)39/h1-24,26,43H,27-28H2/b42-26+. The van der Waals surface area contributed by atoms with Crippen LogP contribution in [0.5, 0.6) is 0 Å². The van der Waals surface area contributed by atoms with Crippen LogP contribution in [0, 0.1) is 11.3 Å². The molecule has 0 aliphatic carbocycles. The predicted octanol–water partition coefficient (Wildman–Crippen LogP) is 10.4. The molecular weight excluding hydrogens is 569 g/mol. The van der Waals surface area contributed by atoms with Crippen LogP contribution in [0.25, 0.3) is 31.3 Å². The van der Waals surface area contributed by atoms with Gasteiger partial charge in [0.1, 0.15) is 0 Å². The molecule has 1 heterocycles. The van der Waals surface area contributed by atoms with Crippen LogP contribution in [-0.2, 0) is 13.1 Å². The van der Waals surface area contributed by atoms with Crippen molar-refractivity contribution in [3.8, 4) is 17.2 Å². The summed E-state index contributed by atoms with van der Waals surface area (Å²) >= 11 is 1.83. The van der Waals surface area contributed by atoms with Crippen molar-refractivity contribution in [2.45, 2.75) is 13.1 Å². The largest absolute Gasteiger partial charge is 0.354 e. The lowest BCUT2D eigenvalue weighted by Gasteiger charge is -2.20. The Morgan fingerprint density at radius 1 is 0.667 bits per heavy atom. The maximum atomic E-state index is 9.20. The van der Waals surface area contributed by atoms with Gasteiger partial charge >= 0.3 is 0 Å². The second-order valence-electron chi connectivity index (χ2n) is 10.9. The van der Waals surface area contributed by atoms with E-state index in [1.54, 1.807) is 0 Å². The van der Waals surface area contributed by atoms with E-state index in [0.717, 1.165) is 28.1 Å². The summed E-state index contributed by atoms with van der Waals surface area (Å²) in [4.78, 5) is 0. The van der Waals surface area contributed by atoms with Crippen molar-refractivity contribution in [3.63, 3.8) is 0 Å². The van der Waals surface area contributed by atoms with Crippen LogP contribution in [0.2, 0.25) is 0 Å². The fourth-order valence-corrected chi connectivity index (χ4v) is 6.75. The number of hydrogen-bond donors (Lipinski definition) is 1. The number of nitrogens with zero attached hydrogens (tertiary/aromatic N) is 3. The molecule has 5 heteroatoms. The highest BCUT2D eigenvalue weighted by Gasteiger charge is 2.15. The van der Waals surface area contributed by atoms with Gasteiger partial charge in [0, 0.05) is 26.7 Å². The Morgan fingerprint density at radius 3 is 2.02 bits per heavy atom. The molecule has 0 saturated heterocycles. The Balaban J connectivity index is 1.18. The summed E-state index contributed by atoms with van der Waals surface area (Å²) in [6, 6.07) is 52.3. The van der Waals surface area contributed by atoms with Gasteiger partial charge in [-0.05, 0) is 52.6 Å². The van der Waals surface area contributed by atoms with E-state index < -0.39 is 0 Å². The topological polar surface area (TPSA) is 51.4 Å². The highest BCUT2D eigenvalue weighted by Crippen LogP contribution is 2.44. The molecule has 0 aliphatic heterocycles. The molecule has 45 heavy (non-hydrogen) atoms. The van der Waals surface area contributed by atoms with E-state index >= 15 is 0 Å². The molecule has 7 aromatic rings. The summed E-state index contributed by atoms with van der Waals surface area (Å²) in [5.74, 6) is 0. The van der Waals surface area contributed by atoms with Gasteiger partial charge in [0.2, 0.25) is 0 Å². The molecule has 216 valence electrons. The van der Waals surface area contributed by atoms with Crippen molar-refractivity contribution < 1.29 is 0 Å². The van der Waals surface area contributed by atoms with Gasteiger partial charge in [-0.1, -0.05) is 115 Å². The van der Waals surface area contributed by atoms with E-state index in [1.807, 2.05) is 72.1 Å². The Labute approximate surface area is 267 Å². The van der Waals surface area contributed by atoms with Crippen LogP contribution < -0.4 is 5.32 Å². The maximum absolute atomic E-state index is 9.20. The molecule has 0 fully saturated rings. The first-order chi connectivity index (χ1) is 22.2. The van der Waals surface area contributed by atoms with E-state index in [1.165, 1.54) is 31.3 Å². The number of hydrogen-bond acceptors (Lipinski definition) is 5. The summed E-state index contributed by atoms with van der Waals surface area (Å²) in [5, 5.41) is 22.5. The number of rotatable bonds is 9. The monoisotopic (exact) mass is 598 g/mol.